The molecule has 1 aromatic heterocycles. The van der Waals surface area contributed by atoms with E-state index in [0.717, 1.165) is 17.5 Å². The van der Waals surface area contributed by atoms with Crippen LogP contribution in [0.2, 0.25) is 0 Å². The fourth-order valence-electron chi connectivity index (χ4n) is 4.35. The summed E-state index contributed by atoms with van der Waals surface area (Å²) in [5.41, 5.74) is 8.10. The molecule has 0 spiro atoms. The Balaban J connectivity index is 2.34. The maximum absolute atomic E-state index is 8.65. The molecule has 3 aromatic rings. The predicted octanol–water partition coefficient (Wildman–Crippen LogP) is 7.48. The second kappa shape index (κ2) is 7.94. The highest BCUT2D eigenvalue weighted by Gasteiger charge is 2.22. The Morgan fingerprint density at radius 2 is 1.66 bits per heavy atom. The van der Waals surface area contributed by atoms with Gasteiger partial charge in [-0.1, -0.05) is 66.7 Å². The first-order valence-electron chi connectivity index (χ1n) is 11.5. The number of benzene rings is 2. The largest absolute Gasteiger partial charge is 0.220 e. The Morgan fingerprint density at radius 3 is 2.24 bits per heavy atom. The summed E-state index contributed by atoms with van der Waals surface area (Å²) in [6, 6.07) is 13.6. The molecule has 0 aliphatic rings. The maximum atomic E-state index is 8.65. The molecule has 0 aliphatic carbocycles. The second-order valence-corrected chi connectivity index (χ2v) is 10.4. The van der Waals surface area contributed by atoms with Crippen LogP contribution in [0.4, 0.5) is 0 Å². The summed E-state index contributed by atoms with van der Waals surface area (Å²) in [5, 5.41) is 2.39. The highest BCUT2D eigenvalue weighted by atomic mass is 14.9. The molecule has 0 fully saturated rings. The Labute approximate surface area is 179 Å². The van der Waals surface area contributed by atoms with Gasteiger partial charge in [0.2, 0.25) is 5.69 Å². The molecule has 0 aliphatic heterocycles. The zero-order valence-corrected chi connectivity index (χ0v) is 19.8. The SMILES string of the molecule is [2H]c1cc2cc(CC(C)(C)C)ccc2c(-c2cc(C(C)C)cc(C(C)C)c2C)[n+]1C. The lowest BCUT2D eigenvalue weighted by molar-refractivity contribution is -0.659. The molecule has 29 heavy (non-hydrogen) atoms. The predicted molar refractivity (Wildman–Crippen MR) is 127 cm³/mol. The van der Waals surface area contributed by atoms with Gasteiger partial charge in [-0.05, 0) is 70.4 Å². The molecule has 3 rings (SSSR count). The molecule has 0 amide bonds. The fourth-order valence-corrected chi connectivity index (χ4v) is 4.35. The zero-order chi connectivity index (χ0) is 22.4. The molecular formula is C28H38N+. The van der Waals surface area contributed by atoms with Gasteiger partial charge in [0, 0.05) is 6.07 Å². The standard InChI is InChI=1S/C28H38N/c1-18(2)23-15-25(19(3)4)20(5)26(16-23)27-24-11-10-21(17-28(6,7)8)14-22(24)12-13-29(27)9/h10-16,18-19H,17H2,1-9H3/q+1/i13D. The van der Waals surface area contributed by atoms with Gasteiger partial charge in [0.05, 0.1) is 10.9 Å². The van der Waals surface area contributed by atoms with Gasteiger partial charge in [-0.25, -0.2) is 4.57 Å². The van der Waals surface area contributed by atoms with Crippen LogP contribution in [0.15, 0.2) is 42.6 Å². The molecule has 1 nitrogen and oxygen atoms in total. The van der Waals surface area contributed by atoms with E-state index in [4.69, 9.17) is 1.37 Å². The highest BCUT2D eigenvalue weighted by molar-refractivity contribution is 5.94. The molecule has 0 saturated carbocycles. The van der Waals surface area contributed by atoms with Crippen LogP contribution in [0.1, 0.15) is 83.9 Å². The molecule has 0 radical (unpaired) electrons. The minimum Gasteiger partial charge on any atom is -0.200 e. The number of hydrogen-bond donors (Lipinski definition) is 0. The van der Waals surface area contributed by atoms with E-state index in [0.29, 0.717) is 18.0 Å². The van der Waals surface area contributed by atoms with Crippen LogP contribution < -0.4 is 4.57 Å². The van der Waals surface area contributed by atoms with Crippen LogP contribution in [-0.4, -0.2) is 0 Å². The van der Waals surface area contributed by atoms with Crippen LogP contribution in [0.3, 0.4) is 0 Å². The van der Waals surface area contributed by atoms with Crippen molar-refractivity contribution in [2.45, 2.75) is 73.6 Å². The molecule has 154 valence electrons. The van der Waals surface area contributed by atoms with Crippen molar-refractivity contribution in [3.05, 3.63) is 64.8 Å². The minimum atomic E-state index is 0.244. The normalized spacial score (nSPS) is 12.9. The van der Waals surface area contributed by atoms with Crippen LogP contribution >= 0.6 is 0 Å². The fraction of sp³-hybridized carbons (Fsp3) is 0.464. The first kappa shape index (κ1) is 20.1. The van der Waals surface area contributed by atoms with E-state index in [1.807, 2.05) is 17.7 Å². The van der Waals surface area contributed by atoms with Gasteiger partial charge >= 0.3 is 0 Å². The molecular weight excluding hydrogens is 350 g/mol. The van der Waals surface area contributed by atoms with E-state index in [1.54, 1.807) is 0 Å². The van der Waals surface area contributed by atoms with Gasteiger partial charge in [-0.15, -0.1) is 0 Å². The van der Waals surface area contributed by atoms with Crippen LogP contribution in [0.25, 0.3) is 22.0 Å². The number of aromatic nitrogens is 1. The summed E-state index contributed by atoms with van der Waals surface area (Å²) in [7, 11) is 2.02. The van der Waals surface area contributed by atoms with Gasteiger partial charge < -0.3 is 0 Å². The quantitative estimate of drug-likeness (QED) is 0.407. The Bertz CT molecular complexity index is 1080. The van der Waals surface area contributed by atoms with Crippen LogP contribution in [-0.2, 0) is 13.5 Å². The topological polar surface area (TPSA) is 3.88 Å². The summed E-state index contributed by atoms with van der Waals surface area (Å²) in [6.45, 7) is 18.1. The van der Waals surface area contributed by atoms with Crippen molar-refractivity contribution in [3.63, 3.8) is 0 Å². The number of rotatable bonds is 4. The average molecular weight is 390 g/mol. The van der Waals surface area contributed by atoms with E-state index in [1.165, 1.54) is 33.2 Å². The van der Waals surface area contributed by atoms with Crippen molar-refractivity contribution in [2.24, 2.45) is 12.5 Å². The maximum Gasteiger partial charge on any atom is 0.220 e. The summed E-state index contributed by atoms with van der Waals surface area (Å²) in [6.07, 6.45) is 1.58. The van der Waals surface area contributed by atoms with Gasteiger partial charge in [0.15, 0.2) is 6.17 Å². The van der Waals surface area contributed by atoms with E-state index >= 15 is 0 Å². The highest BCUT2D eigenvalue weighted by Crippen LogP contribution is 2.35. The lowest BCUT2D eigenvalue weighted by atomic mass is 9.85. The third-order valence-electron chi connectivity index (χ3n) is 5.87. The van der Waals surface area contributed by atoms with E-state index in [9.17, 15) is 0 Å². The van der Waals surface area contributed by atoms with Gasteiger partial charge in [-0.3, -0.25) is 0 Å². The van der Waals surface area contributed by atoms with E-state index in [-0.39, 0.29) is 5.41 Å². The first-order chi connectivity index (χ1) is 13.9. The summed E-state index contributed by atoms with van der Waals surface area (Å²) in [4.78, 5) is 0. The van der Waals surface area contributed by atoms with Crippen molar-refractivity contribution in [3.8, 4) is 11.3 Å². The second-order valence-electron chi connectivity index (χ2n) is 10.4. The third kappa shape index (κ3) is 4.55. The number of hydrogen-bond acceptors (Lipinski definition) is 0. The van der Waals surface area contributed by atoms with E-state index in [2.05, 4.69) is 85.7 Å². The Kier molecular flexibility index (Phi) is 5.51. The van der Waals surface area contributed by atoms with Crippen LogP contribution in [0.5, 0.6) is 0 Å². The average Bonchev–Trinajstić information content (AvgIpc) is 2.62. The lowest BCUT2D eigenvalue weighted by Crippen LogP contribution is -2.31. The number of nitrogens with zero attached hydrogens (tertiary/aromatic N) is 1. The van der Waals surface area contributed by atoms with Gasteiger partial charge in [0.1, 0.15) is 8.42 Å². The van der Waals surface area contributed by atoms with Crippen molar-refractivity contribution < 1.29 is 5.94 Å². The van der Waals surface area contributed by atoms with E-state index < -0.39 is 0 Å². The molecule has 0 N–H and O–H groups in total. The zero-order valence-electron chi connectivity index (χ0n) is 20.8. The van der Waals surface area contributed by atoms with Crippen LogP contribution in [0, 0.1) is 12.3 Å². The molecule has 0 atom stereocenters. The monoisotopic (exact) mass is 389 g/mol. The molecule has 0 saturated heterocycles. The molecule has 0 unspecified atom stereocenters. The molecule has 0 bridgehead atoms. The molecule has 1 heteroatoms. The first-order valence-corrected chi connectivity index (χ1v) is 11.0. The van der Waals surface area contributed by atoms with Crippen molar-refractivity contribution in [1.82, 2.24) is 0 Å². The Hall–Kier alpha value is -2.15. The van der Waals surface area contributed by atoms with Gasteiger partial charge in [0.25, 0.3) is 0 Å². The lowest BCUT2D eigenvalue weighted by Gasteiger charge is -2.19. The smallest absolute Gasteiger partial charge is 0.200 e. The van der Waals surface area contributed by atoms with Crippen molar-refractivity contribution >= 4 is 10.8 Å². The summed E-state index contributed by atoms with van der Waals surface area (Å²) in [5.74, 6) is 0.938. The van der Waals surface area contributed by atoms with Gasteiger partial charge in [-0.2, -0.15) is 0 Å². The van der Waals surface area contributed by atoms with Crippen molar-refractivity contribution in [2.75, 3.05) is 0 Å². The summed E-state index contributed by atoms with van der Waals surface area (Å²) < 4.78 is 10.7. The molecule has 1 heterocycles. The number of fused-ring (bicyclic) bond motifs is 1. The summed E-state index contributed by atoms with van der Waals surface area (Å²) >= 11 is 0. The Morgan fingerprint density at radius 1 is 0.966 bits per heavy atom. The number of pyridine rings is 1. The minimum absolute atomic E-state index is 0.244. The third-order valence-corrected chi connectivity index (χ3v) is 5.87. The molecule has 2 aromatic carbocycles. The van der Waals surface area contributed by atoms with Crippen molar-refractivity contribution in [1.29, 1.82) is 0 Å².